The van der Waals surface area contributed by atoms with E-state index in [1.807, 2.05) is 13.8 Å². The van der Waals surface area contributed by atoms with E-state index in [2.05, 4.69) is 10.4 Å². The molecule has 0 atom stereocenters. The van der Waals surface area contributed by atoms with Crippen LogP contribution in [0.15, 0.2) is 24.4 Å². The average Bonchev–Trinajstić information content (AvgIpc) is 2.86. The molecule has 0 aliphatic carbocycles. The van der Waals surface area contributed by atoms with Crippen molar-refractivity contribution in [3.8, 4) is 0 Å². The molecule has 0 saturated carbocycles. The quantitative estimate of drug-likeness (QED) is 0.866. The zero-order valence-corrected chi connectivity index (χ0v) is 13.2. The van der Waals surface area contributed by atoms with Crippen LogP contribution in [-0.2, 0) is 6.54 Å². The number of alkyl halides is 2. The molecule has 0 spiro atoms. The van der Waals surface area contributed by atoms with Crippen LogP contribution in [0.1, 0.15) is 36.3 Å². The van der Waals surface area contributed by atoms with Crippen molar-refractivity contribution in [2.75, 3.05) is 5.32 Å². The van der Waals surface area contributed by atoms with Crippen molar-refractivity contribution in [1.82, 2.24) is 9.78 Å². The first-order chi connectivity index (χ1) is 10.8. The second-order valence-electron chi connectivity index (χ2n) is 5.40. The summed E-state index contributed by atoms with van der Waals surface area (Å²) >= 11 is 5.85. The summed E-state index contributed by atoms with van der Waals surface area (Å²) in [6, 6.07) is 3.41. The lowest BCUT2D eigenvalue weighted by molar-refractivity contribution is 0.100. The zero-order valence-electron chi connectivity index (χ0n) is 12.5. The highest BCUT2D eigenvalue weighted by Gasteiger charge is 2.25. The van der Waals surface area contributed by atoms with Crippen LogP contribution in [-0.4, -0.2) is 15.7 Å². The van der Waals surface area contributed by atoms with E-state index in [9.17, 15) is 18.0 Å². The Morgan fingerprint density at radius 1 is 1.39 bits per heavy atom. The molecule has 1 amide bonds. The maximum absolute atomic E-state index is 13.3. The number of halogens is 4. The van der Waals surface area contributed by atoms with Crippen molar-refractivity contribution in [3.63, 3.8) is 0 Å². The van der Waals surface area contributed by atoms with E-state index in [1.165, 1.54) is 6.07 Å². The Labute approximate surface area is 136 Å². The van der Waals surface area contributed by atoms with Gasteiger partial charge in [-0.2, -0.15) is 5.10 Å². The lowest BCUT2D eigenvalue weighted by Crippen LogP contribution is -2.16. The average molecular weight is 346 g/mol. The Bertz CT molecular complexity index is 716. The minimum atomic E-state index is -2.86. The van der Waals surface area contributed by atoms with Crippen LogP contribution in [0.25, 0.3) is 0 Å². The summed E-state index contributed by atoms with van der Waals surface area (Å²) in [5.74, 6) is -1.34. The molecule has 2 rings (SSSR count). The van der Waals surface area contributed by atoms with Crippen LogP contribution in [0.5, 0.6) is 0 Å². The highest BCUT2D eigenvalue weighted by molar-refractivity contribution is 6.33. The molecule has 0 saturated heterocycles. The van der Waals surface area contributed by atoms with E-state index in [-0.39, 0.29) is 28.7 Å². The van der Waals surface area contributed by atoms with Gasteiger partial charge in [-0.05, 0) is 24.1 Å². The molecule has 23 heavy (non-hydrogen) atoms. The lowest BCUT2D eigenvalue weighted by atomic mass is 10.2. The van der Waals surface area contributed by atoms with Crippen molar-refractivity contribution in [2.45, 2.75) is 26.8 Å². The first kappa shape index (κ1) is 17.3. The van der Waals surface area contributed by atoms with Gasteiger partial charge in [0.1, 0.15) is 11.5 Å². The van der Waals surface area contributed by atoms with Gasteiger partial charge in [-0.15, -0.1) is 0 Å². The van der Waals surface area contributed by atoms with Crippen molar-refractivity contribution in [3.05, 3.63) is 46.5 Å². The summed E-state index contributed by atoms with van der Waals surface area (Å²) in [6.45, 7) is 3.96. The topological polar surface area (TPSA) is 46.9 Å². The fourth-order valence-electron chi connectivity index (χ4n) is 2.07. The number of hydrogen-bond donors (Lipinski definition) is 1. The van der Waals surface area contributed by atoms with E-state index in [1.54, 1.807) is 0 Å². The van der Waals surface area contributed by atoms with Gasteiger partial charge in [-0.3, -0.25) is 9.48 Å². The molecule has 2 aromatic rings. The van der Waals surface area contributed by atoms with Crippen molar-refractivity contribution >= 4 is 23.2 Å². The predicted octanol–water partition coefficient (Wildman–Crippen LogP) is 4.52. The van der Waals surface area contributed by atoms with E-state index in [0.29, 0.717) is 0 Å². The maximum atomic E-state index is 13.3. The Balaban J connectivity index is 2.32. The monoisotopic (exact) mass is 345 g/mol. The number of anilines is 1. The number of carbonyl (C=O) groups excluding carboxylic acids is 1. The third-order valence-electron chi connectivity index (χ3n) is 3.05. The largest absolute Gasteiger partial charge is 0.320 e. The smallest absolute Gasteiger partial charge is 0.280 e. The Hall–Kier alpha value is -2.02. The molecule has 0 unspecified atom stereocenters. The highest BCUT2D eigenvalue weighted by Crippen LogP contribution is 2.27. The van der Waals surface area contributed by atoms with Crippen LogP contribution in [0, 0.1) is 11.7 Å². The maximum Gasteiger partial charge on any atom is 0.280 e. The molecule has 0 aliphatic heterocycles. The summed E-state index contributed by atoms with van der Waals surface area (Å²) in [4.78, 5) is 12.2. The summed E-state index contributed by atoms with van der Waals surface area (Å²) in [7, 11) is 0. The number of carbonyl (C=O) groups is 1. The van der Waals surface area contributed by atoms with E-state index in [4.69, 9.17) is 11.6 Å². The fourth-order valence-corrected chi connectivity index (χ4v) is 2.24. The second kappa shape index (κ2) is 7.04. The minimum absolute atomic E-state index is 0.00786. The number of benzene rings is 1. The SMILES string of the molecule is CC(C)Cn1ncc(C(=O)Nc2cc(F)ccc2Cl)c1C(F)F. The molecule has 0 fully saturated rings. The molecular weight excluding hydrogens is 331 g/mol. The number of amides is 1. The molecule has 0 aliphatic rings. The van der Waals surface area contributed by atoms with Gasteiger partial charge >= 0.3 is 0 Å². The minimum Gasteiger partial charge on any atom is -0.320 e. The molecule has 124 valence electrons. The van der Waals surface area contributed by atoms with Gasteiger partial charge in [-0.25, -0.2) is 13.2 Å². The molecule has 1 aromatic heterocycles. The zero-order chi connectivity index (χ0) is 17.1. The molecule has 4 nitrogen and oxygen atoms in total. The first-order valence-corrected chi connectivity index (χ1v) is 7.27. The fraction of sp³-hybridized carbons (Fsp3) is 0.333. The highest BCUT2D eigenvalue weighted by atomic mass is 35.5. The van der Waals surface area contributed by atoms with Gasteiger partial charge in [-0.1, -0.05) is 25.4 Å². The molecule has 1 N–H and O–H groups in total. The Morgan fingerprint density at radius 3 is 2.70 bits per heavy atom. The van der Waals surface area contributed by atoms with Crippen molar-refractivity contribution < 1.29 is 18.0 Å². The van der Waals surface area contributed by atoms with Gasteiger partial charge < -0.3 is 5.32 Å². The van der Waals surface area contributed by atoms with Crippen LogP contribution >= 0.6 is 11.6 Å². The second-order valence-corrected chi connectivity index (χ2v) is 5.81. The van der Waals surface area contributed by atoms with Gasteiger partial charge in [0.15, 0.2) is 0 Å². The molecule has 1 heterocycles. The van der Waals surface area contributed by atoms with Gasteiger partial charge in [0, 0.05) is 6.54 Å². The number of aromatic nitrogens is 2. The number of nitrogens with one attached hydrogen (secondary N) is 1. The normalized spacial score (nSPS) is 11.3. The predicted molar refractivity (Wildman–Crippen MR) is 81.4 cm³/mol. The summed E-state index contributed by atoms with van der Waals surface area (Å²) in [5.41, 5.74) is -0.724. The summed E-state index contributed by atoms with van der Waals surface area (Å²) in [5, 5.41) is 6.29. The van der Waals surface area contributed by atoms with Crippen LogP contribution in [0.3, 0.4) is 0 Å². The summed E-state index contributed by atoms with van der Waals surface area (Å²) < 4.78 is 40.9. The molecular formula is C15H15ClF3N3O. The lowest BCUT2D eigenvalue weighted by Gasteiger charge is -2.11. The number of rotatable bonds is 5. The van der Waals surface area contributed by atoms with Crippen LogP contribution < -0.4 is 5.32 Å². The number of nitrogens with zero attached hydrogens (tertiary/aromatic N) is 2. The first-order valence-electron chi connectivity index (χ1n) is 6.89. The van der Waals surface area contributed by atoms with E-state index >= 15 is 0 Å². The van der Waals surface area contributed by atoms with Crippen LogP contribution in [0.2, 0.25) is 5.02 Å². The standard InChI is InChI=1S/C15H15ClF3N3O/c1-8(2)7-22-13(14(18)19)10(6-20-22)15(23)21-12-5-9(17)3-4-11(12)16/h3-6,8,14H,7H2,1-2H3,(H,21,23). The van der Waals surface area contributed by atoms with E-state index < -0.39 is 23.8 Å². The van der Waals surface area contributed by atoms with Crippen LogP contribution in [0.4, 0.5) is 18.9 Å². The summed E-state index contributed by atoms with van der Waals surface area (Å²) in [6.07, 6.45) is -1.79. The van der Waals surface area contributed by atoms with E-state index in [0.717, 1.165) is 23.0 Å². The molecule has 8 heteroatoms. The molecule has 0 radical (unpaired) electrons. The van der Waals surface area contributed by atoms with Crippen molar-refractivity contribution in [2.24, 2.45) is 5.92 Å². The number of hydrogen-bond acceptors (Lipinski definition) is 2. The third-order valence-corrected chi connectivity index (χ3v) is 3.38. The van der Waals surface area contributed by atoms with Gasteiger partial charge in [0.2, 0.25) is 0 Å². The van der Waals surface area contributed by atoms with Crippen molar-refractivity contribution in [1.29, 1.82) is 0 Å². The van der Waals surface area contributed by atoms with Gasteiger partial charge in [0.05, 0.1) is 22.5 Å². The molecule has 0 bridgehead atoms. The molecule has 1 aromatic carbocycles. The third kappa shape index (κ3) is 4.04. The Morgan fingerprint density at radius 2 is 2.09 bits per heavy atom. The Kier molecular flexibility index (Phi) is 5.30. The van der Waals surface area contributed by atoms with Gasteiger partial charge in [0.25, 0.3) is 12.3 Å².